The van der Waals surface area contributed by atoms with Crippen molar-refractivity contribution < 1.29 is 14.4 Å². The summed E-state index contributed by atoms with van der Waals surface area (Å²) in [6.45, 7) is 1.28. The molecule has 8 heteroatoms. The predicted octanol–water partition coefficient (Wildman–Crippen LogP) is 4.19. The summed E-state index contributed by atoms with van der Waals surface area (Å²) in [6, 6.07) is 15.4. The van der Waals surface area contributed by atoms with Gasteiger partial charge in [0, 0.05) is 31.5 Å². The van der Waals surface area contributed by atoms with Crippen LogP contribution in [0.25, 0.3) is 0 Å². The Balaban J connectivity index is 1.47. The van der Waals surface area contributed by atoms with Crippen molar-refractivity contribution in [3.8, 4) is 0 Å². The molecule has 0 saturated carbocycles. The molecule has 2 aliphatic heterocycles. The number of piperidine rings is 2. The lowest BCUT2D eigenvalue weighted by Crippen LogP contribution is -2.53. The summed E-state index contributed by atoms with van der Waals surface area (Å²) in [7, 11) is 1.97. The highest BCUT2D eigenvalue weighted by atomic mass is 35.5. The van der Waals surface area contributed by atoms with Crippen molar-refractivity contribution in [2.24, 2.45) is 0 Å². The Morgan fingerprint density at radius 1 is 1.00 bits per heavy atom. The van der Waals surface area contributed by atoms with E-state index in [2.05, 4.69) is 22.8 Å². The van der Waals surface area contributed by atoms with Crippen molar-refractivity contribution in [1.29, 1.82) is 0 Å². The van der Waals surface area contributed by atoms with E-state index in [9.17, 15) is 14.4 Å². The van der Waals surface area contributed by atoms with E-state index in [1.165, 1.54) is 5.56 Å². The number of nitrogens with one attached hydrogen (secondary N) is 2. The number of hydrogen-bond acceptors (Lipinski definition) is 4. The molecule has 2 aromatic carbocycles. The van der Waals surface area contributed by atoms with Crippen LogP contribution in [-0.2, 0) is 25.3 Å². The van der Waals surface area contributed by atoms with Crippen LogP contribution in [0.15, 0.2) is 48.5 Å². The Hall–Kier alpha value is -2.41. The van der Waals surface area contributed by atoms with Gasteiger partial charge in [-0.25, -0.2) is 0 Å². The molecule has 3 amide bonds. The fraction of sp³-hybridized carbons (Fsp3) is 0.423. The SMILES string of the molecule is CNC1(c2ccccc2)CCN(C(=O)CCC2(c3ccc(Cl)c(Cl)c3)CCC(=O)NC2=O)CC1. The quantitative estimate of drug-likeness (QED) is 0.581. The first-order valence-electron chi connectivity index (χ1n) is 11.6. The first-order chi connectivity index (χ1) is 16.3. The van der Waals surface area contributed by atoms with Crippen molar-refractivity contribution in [1.82, 2.24) is 15.5 Å². The summed E-state index contributed by atoms with van der Waals surface area (Å²) in [4.78, 5) is 40.0. The van der Waals surface area contributed by atoms with Gasteiger partial charge >= 0.3 is 0 Å². The van der Waals surface area contributed by atoms with E-state index in [1.54, 1.807) is 18.2 Å². The van der Waals surface area contributed by atoms with Gasteiger partial charge in [-0.05, 0) is 56.0 Å². The molecule has 180 valence electrons. The molecule has 0 aliphatic carbocycles. The number of nitrogens with zero attached hydrogens (tertiary/aromatic N) is 1. The van der Waals surface area contributed by atoms with Crippen molar-refractivity contribution in [2.75, 3.05) is 20.1 Å². The normalized spacial score (nSPS) is 22.4. The summed E-state index contributed by atoms with van der Waals surface area (Å²) in [6.07, 6.45) is 2.68. The van der Waals surface area contributed by atoms with E-state index in [1.807, 2.05) is 30.1 Å². The summed E-state index contributed by atoms with van der Waals surface area (Å²) in [5.41, 5.74) is 0.762. The molecular formula is C26H29Cl2N3O3. The Morgan fingerprint density at radius 2 is 1.71 bits per heavy atom. The van der Waals surface area contributed by atoms with Crippen LogP contribution >= 0.6 is 23.2 Å². The number of carbonyl (C=O) groups excluding carboxylic acids is 3. The highest BCUT2D eigenvalue weighted by molar-refractivity contribution is 6.42. The predicted molar refractivity (Wildman–Crippen MR) is 133 cm³/mol. The fourth-order valence-corrected chi connectivity index (χ4v) is 5.56. The fourth-order valence-electron chi connectivity index (χ4n) is 5.26. The largest absolute Gasteiger partial charge is 0.343 e. The smallest absolute Gasteiger partial charge is 0.237 e. The Morgan fingerprint density at radius 3 is 2.32 bits per heavy atom. The van der Waals surface area contributed by atoms with E-state index in [0.717, 1.165) is 12.8 Å². The summed E-state index contributed by atoms with van der Waals surface area (Å²) < 4.78 is 0. The monoisotopic (exact) mass is 501 g/mol. The standard InChI is InChI=1S/C26H29Cl2N3O3/c1-29-26(18-5-3-2-4-6-18)13-15-31(16-14-26)23(33)10-12-25(11-9-22(32)30-24(25)34)19-7-8-20(27)21(28)17-19/h2-8,17,29H,9-16H2,1H3,(H,30,32,34). The van der Waals surface area contributed by atoms with Gasteiger partial charge in [0.15, 0.2) is 0 Å². The molecule has 4 rings (SSSR count). The van der Waals surface area contributed by atoms with Crippen LogP contribution in [0.3, 0.4) is 0 Å². The third-order valence-electron chi connectivity index (χ3n) is 7.48. The molecule has 0 aromatic heterocycles. The van der Waals surface area contributed by atoms with E-state index in [4.69, 9.17) is 23.2 Å². The molecule has 1 atom stereocenters. The topological polar surface area (TPSA) is 78.5 Å². The molecule has 2 N–H and O–H groups in total. The lowest BCUT2D eigenvalue weighted by molar-refractivity contribution is -0.139. The van der Waals surface area contributed by atoms with Crippen LogP contribution in [-0.4, -0.2) is 42.8 Å². The zero-order valence-corrected chi connectivity index (χ0v) is 20.7. The molecule has 2 aliphatic rings. The number of carbonyl (C=O) groups is 3. The molecule has 0 radical (unpaired) electrons. The number of amides is 3. The van der Waals surface area contributed by atoms with Crippen LogP contribution in [0.2, 0.25) is 10.0 Å². The molecule has 2 saturated heterocycles. The van der Waals surface area contributed by atoms with Crippen molar-refractivity contribution in [3.05, 3.63) is 69.7 Å². The highest BCUT2D eigenvalue weighted by Crippen LogP contribution is 2.40. The van der Waals surface area contributed by atoms with Gasteiger partial charge in [-0.15, -0.1) is 0 Å². The van der Waals surface area contributed by atoms with E-state index < -0.39 is 5.41 Å². The Labute approximate surface area is 210 Å². The maximum Gasteiger partial charge on any atom is 0.237 e. The average Bonchev–Trinajstić information content (AvgIpc) is 2.86. The first-order valence-corrected chi connectivity index (χ1v) is 12.4. The molecule has 1 unspecified atom stereocenters. The minimum atomic E-state index is -0.994. The molecular weight excluding hydrogens is 473 g/mol. The van der Waals surface area contributed by atoms with E-state index in [-0.39, 0.29) is 36.1 Å². The zero-order valence-electron chi connectivity index (χ0n) is 19.2. The van der Waals surface area contributed by atoms with Crippen LogP contribution < -0.4 is 10.6 Å². The average molecular weight is 502 g/mol. The van der Waals surface area contributed by atoms with Gasteiger partial charge in [-0.2, -0.15) is 0 Å². The van der Waals surface area contributed by atoms with Gasteiger partial charge in [0.2, 0.25) is 17.7 Å². The summed E-state index contributed by atoms with van der Waals surface area (Å²) in [5, 5.41) is 6.67. The second-order valence-electron chi connectivity index (χ2n) is 9.17. The lowest BCUT2D eigenvalue weighted by atomic mass is 9.70. The van der Waals surface area contributed by atoms with Crippen molar-refractivity contribution in [3.63, 3.8) is 0 Å². The number of rotatable bonds is 6. The molecule has 2 heterocycles. The maximum absolute atomic E-state index is 13.2. The zero-order chi connectivity index (χ0) is 24.3. The molecule has 6 nitrogen and oxygen atoms in total. The molecule has 2 aromatic rings. The maximum atomic E-state index is 13.2. The van der Waals surface area contributed by atoms with Crippen LogP contribution in [0.5, 0.6) is 0 Å². The van der Waals surface area contributed by atoms with Gasteiger partial charge in [-0.3, -0.25) is 19.7 Å². The van der Waals surface area contributed by atoms with E-state index >= 15 is 0 Å². The Kier molecular flexibility index (Phi) is 7.31. The van der Waals surface area contributed by atoms with Gasteiger partial charge in [0.25, 0.3) is 0 Å². The highest BCUT2D eigenvalue weighted by Gasteiger charge is 2.45. The van der Waals surface area contributed by atoms with Crippen molar-refractivity contribution in [2.45, 2.75) is 49.5 Å². The van der Waals surface area contributed by atoms with Gasteiger partial charge in [-0.1, -0.05) is 59.6 Å². The molecule has 0 bridgehead atoms. The molecule has 34 heavy (non-hydrogen) atoms. The number of benzene rings is 2. The number of imide groups is 1. The minimum absolute atomic E-state index is 0.0156. The number of hydrogen-bond donors (Lipinski definition) is 2. The third kappa shape index (κ3) is 4.72. The summed E-state index contributed by atoms with van der Waals surface area (Å²) in [5.74, 6) is -0.666. The van der Waals surface area contributed by atoms with Gasteiger partial charge in [0.1, 0.15) is 0 Å². The molecule has 0 spiro atoms. The lowest BCUT2D eigenvalue weighted by Gasteiger charge is -2.43. The van der Waals surface area contributed by atoms with Crippen LogP contribution in [0.1, 0.15) is 49.7 Å². The second kappa shape index (κ2) is 10.1. The van der Waals surface area contributed by atoms with Crippen LogP contribution in [0.4, 0.5) is 0 Å². The van der Waals surface area contributed by atoms with Gasteiger partial charge < -0.3 is 10.2 Å². The molecule has 2 fully saturated rings. The second-order valence-corrected chi connectivity index (χ2v) is 9.98. The Bertz CT molecular complexity index is 1080. The number of halogens is 2. The third-order valence-corrected chi connectivity index (χ3v) is 8.22. The van der Waals surface area contributed by atoms with E-state index in [0.29, 0.717) is 41.5 Å². The summed E-state index contributed by atoms with van der Waals surface area (Å²) >= 11 is 12.3. The van der Waals surface area contributed by atoms with Gasteiger partial charge in [0.05, 0.1) is 15.5 Å². The minimum Gasteiger partial charge on any atom is -0.343 e. The van der Waals surface area contributed by atoms with Crippen molar-refractivity contribution >= 4 is 40.9 Å². The van der Waals surface area contributed by atoms with Crippen LogP contribution in [0, 0.1) is 0 Å². The number of likely N-dealkylation sites (tertiary alicyclic amines) is 1. The first kappa shape index (κ1) is 24.7.